The van der Waals surface area contributed by atoms with E-state index in [-0.39, 0.29) is 55.5 Å². The van der Waals surface area contributed by atoms with Gasteiger partial charge in [0.05, 0.1) is 22.8 Å². The van der Waals surface area contributed by atoms with Crippen molar-refractivity contribution in [1.82, 2.24) is 19.4 Å². The van der Waals surface area contributed by atoms with Gasteiger partial charge in [0.15, 0.2) is 0 Å². The van der Waals surface area contributed by atoms with Gasteiger partial charge in [0.2, 0.25) is 5.91 Å². The summed E-state index contributed by atoms with van der Waals surface area (Å²) in [4.78, 5) is 45.7. The minimum absolute atomic E-state index is 0.0432. The summed E-state index contributed by atoms with van der Waals surface area (Å²) in [7, 11) is 0. The number of fused-ring (bicyclic) bond motifs is 1. The lowest BCUT2D eigenvalue weighted by atomic mass is 10.1. The number of nitrogens with zero attached hydrogens (tertiary/aromatic N) is 4. The molecule has 2 aromatic carbocycles. The molecule has 1 fully saturated rings. The van der Waals surface area contributed by atoms with Crippen LogP contribution in [0, 0.1) is 6.92 Å². The molecule has 0 atom stereocenters. The zero-order chi connectivity index (χ0) is 23.5. The number of ether oxygens (including phenoxy) is 1. The van der Waals surface area contributed by atoms with Crippen molar-refractivity contribution in [2.45, 2.75) is 20.1 Å². The van der Waals surface area contributed by atoms with Crippen LogP contribution >= 0.6 is 0 Å². The van der Waals surface area contributed by atoms with Gasteiger partial charge < -0.3 is 14.5 Å². The van der Waals surface area contributed by atoms with E-state index in [1.165, 1.54) is 34.0 Å². The van der Waals surface area contributed by atoms with Crippen LogP contribution in [0.2, 0.25) is 0 Å². The molecule has 1 saturated heterocycles. The third-order valence-electron chi connectivity index (χ3n) is 5.61. The zero-order valence-electron chi connectivity index (χ0n) is 17.9. The highest BCUT2D eigenvalue weighted by Gasteiger charge is 2.27. The summed E-state index contributed by atoms with van der Waals surface area (Å²) >= 11 is 0. The smallest absolute Gasteiger partial charge is 0.387 e. The number of carbonyl (C=O) groups excluding carboxylic acids is 2. The second-order valence-electron chi connectivity index (χ2n) is 7.70. The van der Waals surface area contributed by atoms with Gasteiger partial charge in [-0.05, 0) is 30.7 Å². The molecule has 172 valence electrons. The van der Waals surface area contributed by atoms with Gasteiger partial charge >= 0.3 is 6.61 Å². The van der Waals surface area contributed by atoms with Crippen LogP contribution < -0.4 is 10.3 Å². The maximum Gasteiger partial charge on any atom is 0.387 e. The number of para-hydroxylation sites is 2. The highest BCUT2D eigenvalue weighted by Crippen LogP contribution is 2.22. The maximum absolute atomic E-state index is 12.8. The van der Waals surface area contributed by atoms with Crippen molar-refractivity contribution in [3.05, 3.63) is 70.3 Å². The summed E-state index contributed by atoms with van der Waals surface area (Å²) in [5.74, 6) is -0.891. The van der Waals surface area contributed by atoms with E-state index in [9.17, 15) is 23.2 Å². The van der Waals surface area contributed by atoms with Crippen molar-refractivity contribution in [3.8, 4) is 5.75 Å². The van der Waals surface area contributed by atoms with Crippen molar-refractivity contribution in [3.63, 3.8) is 0 Å². The topological polar surface area (TPSA) is 84.7 Å². The molecule has 0 spiro atoms. The van der Waals surface area contributed by atoms with Crippen molar-refractivity contribution in [2.24, 2.45) is 0 Å². The molecule has 0 bridgehead atoms. The van der Waals surface area contributed by atoms with Gasteiger partial charge in [0.25, 0.3) is 11.5 Å². The molecule has 0 saturated carbocycles. The lowest BCUT2D eigenvalue weighted by Gasteiger charge is -2.35. The van der Waals surface area contributed by atoms with Crippen LogP contribution in [0.25, 0.3) is 10.9 Å². The van der Waals surface area contributed by atoms with E-state index < -0.39 is 12.5 Å². The van der Waals surface area contributed by atoms with Gasteiger partial charge in [0.1, 0.15) is 12.3 Å². The minimum atomic E-state index is -3.04. The van der Waals surface area contributed by atoms with Gasteiger partial charge in [-0.1, -0.05) is 24.3 Å². The molecule has 8 nitrogen and oxygen atoms in total. The highest BCUT2D eigenvalue weighted by molar-refractivity contribution is 5.97. The predicted molar refractivity (Wildman–Crippen MR) is 116 cm³/mol. The molecule has 4 rings (SSSR count). The lowest BCUT2D eigenvalue weighted by molar-refractivity contribution is -0.133. The Morgan fingerprint density at radius 1 is 1.03 bits per heavy atom. The largest absolute Gasteiger partial charge is 0.434 e. The molecule has 0 unspecified atom stereocenters. The van der Waals surface area contributed by atoms with Crippen LogP contribution in [0.15, 0.2) is 53.6 Å². The SMILES string of the molecule is Cc1cccc2c(=O)n(CC(=O)N3CCN(C(=O)c4ccccc4OC(F)F)CC3)cnc12. The monoisotopic (exact) mass is 456 g/mol. The van der Waals surface area contributed by atoms with Crippen molar-refractivity contribution in [2.75, 3.05) is 26.2 Å². The van der Waals surface area contributed by atoms with Gasteiger partial charge in [-0.15, -0.1) is 0 Å². The molecule has 33 heavy (non-hydrogen) atoms. The highest BCUT2D eigenvalue weighted by atomic mass is 19.3. The Hall–Kier alpha value is -3.82. The molecule has 0 N–H and O–H groups in total. The summed E-state index contributed by atoms with van der Waals surface area (Å²) in [5, 5.41) is 0.449. The molecule has 0 radical (unpaired) electrons. The van der Waals surface area contributed by atoms with Crippen LogP contribution in [0.3, 0.4) is 0 Å². The fourth-order valence-electron chi connectivity index (χ4n) is 3.87. The normalized spacial score (nSPS) is 14.1. The van der Waals surface area contributed by atoms with E-state index in [1.54, 1.807) is 23.1 Å². The van der Waals surface area contributed by atoms with Crippen molar-refractivity contribution in [1.29, 1.82) is 0 Å². The third kappa shape index (κ3) is 4.69. The molecule has 0 aliphatic carbocycles. The summed E-state index contributed by atoms with van der Waals surface area (Å²) in [6.45, 7) is -0.341. The Morgan fingerprint density at radius 2 is 1.73 bits per heavy atom. The standard InChI is InChI=1S/C23H22F2N4O4/c1-15-5-4-7-17-20(15)26-14-29(22(17)32)13-19(30)27-9-11-28(12-10-27)21(31)16-6-2-3-8-18(16)33-23(24)25/h2-8,14,23H,9-13H2,1H3. The van der Waals surface area contributed by atoms with Crippen molar-refractivity contribution < 1.29 is 23.1 Å². The molecule has 1 aromatic heterocycles. The first kappa shape index (κ1) is 22.4. The number of piperazine rings is 1. The number of carbonyl (C=O) groups is 2. The minimum Gasteiger partial charge on any atom is -0.434 e. The Kier molecular flexibility index (Phi) is 6.34. The van der Waals surface area contributed by atoms with E-state index in [2.05, 4.69) is 9.72 Å². The molecule has 1 aliphatic heterocycles. The molecule has 1 aliphatic rings. The summed E-state index contributed by atoms with van der Waals surface area (Å²) in [6.07, 6.45) is 1.37. The molecule has 10 heteroatoms. The molecule has 2 amide bonds. The van der Waals surface area contributed by atoms with Gasteiger partial charge in [0, 0.05) is 26.2 Å². The number of rotatable bonds is 5. The van der Waals surface area contributed by atoms with Crippen LogP contribution in [0.1, 0.15) is 15.9 Å². The van der Waals surface area contributed by atoms with E-state index in [4.69, 9.17) is 0 Å². The predicted octanol–water partition coefficient (Wildman–Crippen LogP) is 2.29. The van der Waals surface area contributed by atoms with E-state index >= 15 is 0 Å². The summed E-state index contributed by atoms with van der Waals surface area (Å²) in [6, 6.07) is 11.1. The van der Waals surface area contributed by atoms with Crippen LogP contribution in [-0.4, -0.2) is 64.0 Å². The number of alkyl halides is 2. The van der Waals surface area contributed by atoms with E-state index in [0.29, 0.717) is 10.9 Å². The lowest BCUT2D eigenvalue weighted by Crippen LogP contribution is -2.51. The summed E-state index contributed by atoms with van der Waals surface area (Å²) in [5.41, 5.74) is 1.24. The number of halogens is 2. The molecular weight excluding hydrogens is 434 g/mol. The second-order valence-corrected chi connectivity index (χ2v) is 7.70. The first-order valence-corrected chi connectivity index (χ1v) is 10.4. The van der Waals surface area contributed by atoms with E-state index in [0.717, 1.165) is 5.56 Å². The Morgan fingerprint density at radius 3 is 2.45 bits per heavy atom. The average molecular weight is 456 g/mol. The maximum atomic E-state index is 12.8. The number of amides is 2. The average Bonchev–Trinajstić information content (AvgIpc) is 2.81. The number of aryl methyl sites for hydroxylation is 1. The van der Waals surface area contributed by atoms with E-state index in [1.807, 2.05) is 13.0 Å². The Labute approximate surface area is 188 Å². The van der Waals surface area contributed by atoms with Gasteiger partial charge in [-0.2, -0.15) is 8.78 Å². The quantitative estimate of drug-likeness (QED) is 0.588. The number of hydrogen-bond donors (Lipinski definition) is 0. The Balaban J connectivity index is 1.41. The summed E-state index contributed by atoms with van der Waals surface area (Å²) < 4.78 is 31.0. The van der Waals surface area contributed by atoms with Crippen LogP contribution in [0.4, 0.5) is 8.78 Å². The second kappa shape index (κ2) is 9.35. The fraction of sp³-hybridized carbons (Fsp3) is 0.304. The van der Waals surface area contributed by atoms with Crippen LogP contribution in [-0.2, 0) is 11.3 Å². The van der Waals surface area contributed by atoms with Gasteiger partial charge in [-0.25, -0.2) is 4.98 Å². The first-order chi connectivity index (χ1) is 15.8. The Bertz CT molecular complexity index is 1250. The number of benzene rings is 2. The van der Waals surface area contributed by atoms with Gasteiger partial charge in [-0.3, -0.25) is 19.0 Å². The molecule has 2 heterocycles. The number of hydrogen-bond acceptors (Lipinski definition) is 5. The van der Waals surface area contributed by atoms with Crippen molar-refractivity contribution >= 4 is 22.7 Å². The molecular formula is C23H22F2N4O4. The third-order valence-corrected chi connectivity index (χ3v) is 5.61. The van der Waals surface area contributed by atoms with Crippen LogP contribution in [0.5, 0.6) is 5.75 Å². The fourth-order valence-corrected chi connectivity index (χ4v) is 3.87. The first-order valence-electron chi connectivity index (χ1n) is 10.4. The number of aromatic nitrogens is 2. The molecule has 3 aromatic rings. The zero-order valence-corrected chi connectivity index (χ0v) is 17.9.